The van der Waals surface area contributed by atoms with E-state index >= 15 is 0 Å². The van der Waals surface area contributed by atoms with E-state index in [1.165, 1.54) is 12.1 Å². The molecule has 1 aromatic carbocycles. The molecule has 17 heavy (non-hydrogen) atoms. The van der Waals surface area contributed by atoms with Crippen molar-refractivity contribution in [3.8, 4) is 0 Å². The fraction of sp³-hybridized carbons (Fsp3) is 0.400. The van der Waals surface area contributed by atoms with Crippen molar-refractivity contribution in [1.82, 2.24) is 4.72 Å². The topological polar surface area (TPSA) is 94.9 Å². The molecule has 0 amide bonds. The molecule has 0 unspecified atom stereocenters. The van der Waals surface area contributed by atoms with Gasteiger partial charge in [-0.05, 0) is 32.4 Å². The van der Waals surface area contributed by atoms with Crippen molar-refractivity contribution in [2.24, 2.45) is 5.11 Å². The third-order valence-electron chi connectivity index (χ3n) is 1.75. The summed E-state index contributed by atoms with van der Waals surface area (Å²) in [7, 11) is -3.69. The first kappa shape index (κ1) is 13.5. The number of azide groups is 1. The van der Waals surface area contributed by atoms with Crippen LogP contribution in [-0.4, -0.2) is 14.0 Å². The van der Waals surface area contributed by atoms with Gasteiger partial charge in [0.15, 0.2) is 0 Å². The van der Waals surface area contributed by atoms with Crippen LogP contribution in [0.4, 0.5) is 5.69 Å². The molecule has 0 aliphatic rings. The molecular weight excluding hydrogens is 240 g/mol. The highest BCUT2D eigenvalue weighted by molar-refractivity contribution is 7.89. The number of hydrogen-bond acceptors (Lipinski definition) is 3. The molecule has 0 heterocycles. The van der Waals surface area contributed by atoms with E-state index in [0.717, 1.165) is 0 Å². The van der Waals surface area contributed by atoms with Crippen molar-refractivity contribution in [1.29, 1.82) is 0 Å². The van der Waals surface area contributed by atoms with Crippen LogP contribution in [0.15, 0.2) is 34.3 Å². The Morgan fingerprint density at radius 2 is 1.88 bits per heavy atom. The lowest BCUT2D eigenvalue weighted by atomic mass is 10.1. The Bertz CT molecular complexity index is 554. The Morgan fingerprint density at radius 3 is 2.41 bits per heavy atom. The van der Waals surface area contributed by atoms with Crippen LogP contribution in [0.3, 0.4) is 0 Å². The van der Waals surface area contributed by atoms with E-state index in [9.17, 15) is 8.42 Å². The number of rotatable bonds is 3. The van der Waals surface area contributed by atoms with Gasteiger partial charge in [0.25, 0.3) is 0 Å². The van der Waals surface area contributed by atoms with Crippen LogP contribution in [-0.2, 0) is 10.0 Å². The molecule has 0 fully saturated rings. The second-order valence-electron chi connectivity index (χ2n) is 4.51. The average molecular weight is 254 g/mol. The molecule has 0 atom stereocenters. The molecular formula is C10H14N4O2S. The van der Waals surface area contributed by atoms with E-state index in [0.29, 0.717) is 0 Å². The van der Waals surface area contributed by atoms with Crippen LogP contribution in [0, 0.1) is 0 Å². The third-order valence-corrected chi connectivity index (χ3v) is 3.55. The first-order valence-electron chi connectivity index (χ1n) is 4.94. The Balaban J connectivity index is 3.29. The predicted octanol–water partition coefficient (Wildman–Crippen LogP) is 2.71. The minimum Gasteiger partial charge on any atom is -0.207 e. The molecule has 0 aromatic heterocycles. The van der Waals surface area contributed by atoms with Gasteiger partial charge >= 0.3 is 0 Å². The van der Waals surface area contributed by atoms with Crippen LogP contribution in [0.2, 0.25) is 0 Å². The van der Waals surface area contributed by atoms with Gasteiger partial charge in [-0.3, -0.25) is 0 Å². The zero-order chi connectivity index (χ0) is 13.1. The summed E-state index contributed by atoms with van der Waals surface area (Å²) in [5, 5.41) is 3.36. The quantitative estimate of drug-likeness (QED) is 0.510. The standard InChI is InChI=1S/C10H14N4O2S/c1-10(2,3)13-17(15,16)9-7-5-4-6-8(9)12-14-11/h4-7,13H,1-3H3. The molecule has 0 saturated heterocycles. The first-order chi connectivity index (χ1) is 7.76. The van der Waals surface area contributed by atoms with E-state index in [1.807, 2.05) is 0 Å². The summed E-state index contributed by atoms with van der Waals surface area (Å²) in [4.78, 5) is 2.59. The van der Waals surface area contributed by atoms with E-state index in [-0.39, 0.29) is 10.6 Å². The Labute approximate surface area is 100 Å². The summed E-state index contributed by atoms with van der Waals surface area (Å²) >= 11 is 0. The fourth-order valence-electron chi connectivity index (χ4n) is 1.27. The summed E-state index contributed by atoms with van der Waals surface area (Å²) in [5.74, 6) is 0. The Morgan fingerprint density at radius 1 is 1.29 bits per heavy atom. The van der Waals surface area contributed by atoms with Gasteiger partial charge in [-0.15, -0.1) is 0 Å². The molecule has 0 aliphatic carbocycles. The lowest BCUT2D eigenvalue weighted by molar-refractivity contribution is 0.491. The highest BCUT2D eigenvalue weighted by Crippen LogP contribution is 2.24. The van der Waals surface area contributed by atoms with Gasteiger partial charge in [0.2, 0.25) is 10.0 Å². The van der Waals surface area contributed by atoms with Crippen LogP contribution < -0.4 is 4.72 Å². The summed E-state index contributed by atoms with van der Waals surface area (Å²) in [6, 6.07) is 6.04. The number of sulfonamides is 1. The van der Waals surface area contributed by atoms with E-state index in [4.69, 9.17) is 5.53 Å². The molecule has 7 heteroatoms. The van der Waals surface area contributed by atoms with Crippen molar-refractivity contribution in [3.05, 3.63) is 34.7 Å². The maximum atomic E-state index is 12.0. The smallest absolute Gasteiger partial charge is 0.207 e. The zero-order valence-corrected chi connectivity index (χ0v) is 10.7. The number of nitrogens with zero attached hydrogens (tertiary/aromatic N) is 3. The normalized spacial score (nSPS) is 11.9. The Hall–Kier alpha value is -1.56. The van der Waals surface area contributed by atoms with Crippen molar-refractivity contribution in [2.75, 3.05) is 0 Å². The molecule has 0 spiro atoms. The van der Waals surface area contributed by atoms with Gasteiger partial charge in [-0.1, -0.05) is 23.3 Å². The van der Waals surface area contributed by atoms with Crippen LogP contribution >= 0.6 is 0 Å². The lowest BCUT2D eigenvalue weighted by Crippen LogP contribution is -2.40. The maximum absolute atomic E-state index is 12.0. The predicted molar refractivity (Wildman–Crippen MR) is 65.3 cm³/mol. The SMILES string of the molecule is CC(C)(C)NS(=O)(=O)c1ccccc1N=[N+]=[N-]. The second kappa shape index (κ2) is 4.75. The molecule has 0 aliphatic heterocycles. The molecule has 92 valence electrons. The zero-order valence-electron chi connectivity index (χ0n) is 9.88. The van der Waals surface area contributed by atoms with Crippen molar-refractivity contribution >= 4 is 15.7 Å². The van der Waals surface area contributed by atoms with Crippen molar-refractivity contribution in [2.45, 2.75) is 31.2 Å². The van der Waals surface area contributed by atoms with Crippen molar-refractivity contribution in [3.63, 3.8) is 0 Å². The number of hydrogen-bond donors (Lipinski definition) is 1. The Kier molecular flexibility index (Phi) is 3.77. The molecule has 0 radical (unpaired) electrons. The minimum absolute atomic E-state index is 0.0206. The largest absolute Gasteiger partial charge is 0.241 e. The fourth-order valence-corrected chi connectivity index (χ4v) is 2.83. The van der Waals surface area contributed by atoms with Gasteiger partial charge in [-0.25, -0.2) is 13.1 Å². The molecule has 6 nitrogen and oxygen atoms in total. The summed E-state index contributed by atoms with van der Waals surface area (Å²) in [6.45, 7) is 5.21. The molecule has 1 aromatic rings. The summed E-state index contributed by atoms with van der Waals surface area (Å²) in [6.07, 6.45) is 0. The monoisotopic (exact) mass is 254 g/mol. The number of nitrogens with one attached hydrogen (secondary N) is 1. The molecule has 1 rings (SSSR count). The average Bonchev–Trinajstić information content (AvgIpc) is 2.15. The number of benzene rings is 1. The highest BCUT2D eigenvalue weighted by Gasteiger charge is 2.23. The molecule has 0 bridgehead atoms. The van der Waals surface area contributed by atoms with Crippen LogP contribution in [0.25, 0.3) is 10.4 Å². The minimum atomic E-state index is -3.69. The molecule has 0 saturated carbocycles. The molecule has 1 N–H and O–H groups in total. The lowest BCUT2D eigenvalue weighted by Gasteiger charge is -2.20. The second-order valence-corrected chi connectivity index (χ2v) is 6.16. The van der Waals surface area contributed by atoms with E-state index in [1.54, 1.807) is 32.9 Å². The van der Waals surface area contributed by atoms with Gasteiger partial charge in [0, 0.05) is 10.5 Å². The van der Waals surface area contributed by atoms with E-state index in [2.05, 4.69) is 14.7 Å². The first-order valence-corrected chi connectivity index (χ1v) is 6.43. The van der Waals surface area contributed by atoms with Crippen molar-refractivity contribution < 1.29 is 8.42 Å². The van der Waals surface area contributed by atoms with Crippen LogP contribution in [0.1, 0.15) is 20.8 Å². The van der Waals surface area contributed by atoms with Gasteiger partial charge < -0.3 is 0 Å². The summed E-state index contributed by atoms with van der Waals surface area (Å²) in [5.41, 5.74) is 7.88. The maximum Gasteiger partial charge on any atom is 0.241 e. The van der Waals surface area contributed by atoms with Gasteiger partial charge in [0.1, 0.15) is 0 Å². The highest BCUT2D eigenvalue weighted by atomic mass is 32.2. The van der Waals surface area contributed by atoms with Gasteiger partial charge in [-0.2, -0.15) is 0 Å². The third kappa shape index (κ3) is 3.74. The van der Waals surface area contributed by atoms with E-state index < -0.39 is 15.6 Å². The summed E-state index contributed by atoms with van der Waals surface area (Å²) < 4.78 is 26.6. The van der Waals surface area contributed by atoms with Gasteiger partial charge in [0.05, 0.1) is 10.6 Å². The van der Waals surface area contributed by atoms with Crippen LogP contribution in [0.5, 0.6) is 0 Å².